The van der Waals surface area contributed by atoms with Gasteiger partial charge in [0.15, 0.2) is 0 Å². The first-order valence-electron chi connectivity index (χ1n) is 12.4. The van der Waals surface area contributed by atoms with Crippen LogP contribution in [0.1, 0.15) is 115 Å². The molecule has 3 N–H and O–H groups in total. The van der Waals surface area contributed by atoms with Gasteiger partial charge in [-0.1, -0.05) is 103 Å². The fourth-order valence-electron chi connectivity index (χ4n) is 3.84. The molecule has 0 fully saturated rings. The zero-order valence-electron chi connectivity index (χ0n) is 19.5. The topological polar surface area (TPSA) is 86.6 Å². The van der Waals surface area contributed by atoms with Crippen molar-refractivity contribution in [3.63, 3.8) is 0 Å². The van der Waals surface area contributed by atoms with Crippen molar-refractivity contribution in [2.24, 2.45) is 0 Å². The van der Waals surface area contributed by atoms with Crippen LogP contribution in [-0.4, -0.2) is 22.1 Å². The summed E-state index contributed by atoms with van der Waals surface area (Å²) in [5.41, 5.74) is 0.831. The molecule has 176 valence electrons. The highest BCUT2D eigenvalue weighted by atomic mass is 16.4. The number of hydrogen-bond donors (Lipinski definition) is 3. The first-order chi connectivity index (χ1) is 15.0. The van der Waals surface area contributed by atoms with Crippen molar-refractivity contribution in [2.75, 3.05) is 5.32 Å². The minimum absolute atomic E-state index is 0.0426. The van der Waals surface area contributed by atoms with E-state index in [1.165, 1.54) is 89.2 Å². The molecule has 1 amide bonds. The number of anilines is 1. The van der Waals surface area contributed by atoms with Crippen LogP contribution in [0.3, 0.4) is 0 Å². The maximum Gasteiger partial charge on any atom is 0.307 e. The van der Waals surface area contributed by atoms with Gasteiger partial charge in [-0.15, -0.1) is 0 Å². The average Bonchev–Trinajstić information content (AvgIpc) is 2.73. The highest BCUT2D eigenvalue weighted by molar-refractivity contribution is 5.92. The minimum Gasteiger partial charge on any atom is -0.506 e. The Morgan fingerprint density at radius 3 is 1.74 bits per heavy atom. The van der Waals surface area contributed by atoms with E-state index in [1.807, 2.05) is 0 Å². The van der Waals surface area contributed by atoms with Crippen molar-refractivity contribution in [3.05, 3.63) is 23.8 Å². The second kappa shape index (κ2) is 17.6. The predicted octanol–water partition coefficient (Wildman–Crippen LogP) is 7.22. The quantitative estimate of drug-likeness (QED) is 0.159. The summed E-state index contributed by atoms with van der Waals surface area (Å²) >= 11 is 0. The lowest BCUT2D eigenvalue weighted by Gasteiger charge is -2.09. The number of carboxylic acid groups (broad SMARTS) is 1. The number of carboxylic acids is 1. The molecule has 0 aliphatic heterocycles. The number of phenolic OH excluding ortho intramolecular Hbond substituents is 1. The number of benzene rings is 1. The number of phenols is 1. The largest absolute Gasteiger partial charge is 0.506 e. The zero-order valence-corrected chi connectivity index (χ0v) is 19.5. The molecule has 0 aliphatic carbocycles. The zero-order chi connectivity index (χ0) is 22.7. The number of amides is 1. The van der Waals surface area contributed by atoms with Crippen molar-refractivity contribution >= 4 is 17.6 Å². The van der Waals surface area contributed by atoms with Gasteiger partial charge in [0.05, 0.1) is 12.1 Å². The summed E-state index contributed by atoms with van der Waals surface area (Å²) in [5, 5.41) is 21.4. The van der Waals surface area contributed by atoms with Crippen LogP contribution in [0.25, 0.3) is 0 Å². The highest BCUT2D eigenvalue weighted by Gasteiger charge is 2.09. The summed E-state index contributed by atoms with van der Waals surface area (Å²) < 4.78 is 0. The molecule has 0 saturated heterocycles. The van der Waals surface area contributed by atoms with E-state index in [4.69, 9.17) is 5.11 Å². The number of carbonyl (C=O) groups is 2. The van der Waals surface area contributed by atoms with Gasteiger partial charge < -0.3 is 15.5 Å². The summed E-state index contributed by atoms with van der Waals surface area (Å²) in [7, 11) is 0. The number of carbonyl (C=O) groups excluding carboxylic acids is 1. The molecule has 0 spiro atoms. The van der Waals surface area contributed by atoms with Crippen molar-refractivity contribution in [1.29, 1.82) is 0 Å². The van der Waals surface area contributed by atoms with Crippen LogP contribution in [0.5, 0.6) is 5.75 Å². The Kier molecular flexibility index (Phi) is 15.3. The number of nitrogens with one attached hydrogen (secondary N) is 1. The van der Waals surface area contributed by atoms with Gasteiger partial charge in [-0.3, -0.25) is 9.59 Å². The lowest BCUT2D eigenvalue weighted by atomic mass is 10.0. The number of rotatable bonds is 19. The first kappa shape index (κ1) is 27.0. The fourth-order valence-corrected chi connectivity index (χ4v) is 3.84. The van der Waals surface area contributed by atoms with E-state index in [9.17, 15) is 14.7 Å². The Balaban J connectivity index is 1.99. The van der Waals surface area contributed by atoms with E-state index in [2.05, 4.69) is 12.2 Å². The van der Waals surface area contributed by atoms with Crippen LogP contribution in [0.4, 0.5) is 5.69 Å². The second-order valence-corrected chi connectivity index (χ2v) is 8.67. The molecule has 0 aromatic heterocycles. The van der Waals surface area contributed by atoms with Crippen molar-refractivity contribution in [1.82, 2.24) is 0 Å². The van der Waals surface area contributed by atoms with Gasteiger partial charge in [-0.2, -0.15) is 0 Å². The SMILES string of the molecule is CCCCCCCCCCCCCCCCCC(=O)Nc1cc(CC(=O)O)ccc1O. The Morgan fingerprint density at radius 2 is 1.26 bits per heavy atom. The van der Waals surface area contributed by atoms with Gasteiger partial charge in [0.1, 0.15) is 5.75 Å². The summed E-state index contributed by atoms with van der Waals surface area (Å²) in [4.78, 5) is 22.9. The normalized spacial score (nSPS) is 10.9. The van der Waals surface area contributed by atoms with Crippen LogP contribution >= 0.6 is 0 Å². The third-order valence-corrected chi connectivity index (χ3v) is 5.70. The van der Waals surface area contributed by atoms with Crippen molar-refractivity contribution in [3.8, 4) is 5.75 Å². The predicted molar refractivity (Wildman–Crippen MR) is 128 cm³/mol. The van der Waals surface area contributed by atoms with Crippen molar-refractivity contribution < 1.29 is 19.8 Å². The van der Waals surface area contributed by atoms with E-state index in [1.54, 1.807) is 6.07 Å². The monoisotopic (exact) mass is 433 g/mol. The molecule has 1 rings (SSSR count). The maximum atomic E-state index is 12.1. The molecule has 1 aromatic carbocycles. The molecule has 5 nitrogen and oxygen atoms in total. The van der Waals surface area contributed by atoms with Gasteiger partial charge >= 0.3 is 5.97 Å². The molecule has 0 atom stereocenters. The third-order valence-electron chi connectivity index (χ3n) is 5.70. The lowest BCUT2D eigenvalue weighted by molar-refractivity contribution is -0.136. The molecular weight excluding hydrogens is 390 g/mol. The summed E-state index contributed by atoms with van der Waals surface area (Å²) in [6.07, 6.45) is 19.6. The lowest BCUT2D eigenvalue weighted by Crippen LogP contribution is -2.11. The number of unbranched alkanes of at least 4 members (excludes halogenated alkanes) is 14. The van der Waals surface area contributed by atoms with E-state index >= 15 is 0 Å². The average molecular weight is 434 g/mol. The van der Waals surface area contributed by atoms with E-state index in [-0.39, 0.29) is 23.8 Å². The first-order valence-corrected chi connectivity index (χ1v) is 12.4. The van der Waals surface area contributed by atoms with Crippen molar-refractivity contribution in [2.45, 2.75) is 116 Å². The van der Waals surface area contributed by atoms with Gasteiger partial charge in [-0.25, -0.2) is 0 Å². The molecule has 5 heteroatoms. The molecule has 0 aliphatic rings. The van der Waals surface area contributed by atoms with Gasteiger partial charge in [0.25, 0.3) is 0 Å². The summed E-state index contributed by atoms with van der Waals surface area (Å²) in [6, 6.07) is 4.49. The molecule has 0 saturated carbocycles. The van der Waals surface area contributed by atoms with Crippen LogP contribution in [-0.2, 0) is 16.0 Å². The maximum absolute atomic E-state index is 12.1. The fraction of sp³-hybridized carbons (Fsp3) is 0.692. The molecule has 0 bridgehead atoms. The molecule has 1 aromatic rings. The van der Waals surface area contributed by atoms with Gasteiger partial charge in [0, 0.05) is 6.42 Å². The van der Waals surface area contributed by atoms with Gasteiger partial charge in [-0.05, 0) is 24.1 Å². The Labute approximate surface area is 188 Å². The van der Waals surface area contributed by atoms with Crippen LogP contribution in [0, 0.1) is 0 Å². The van der Waals surface area contributed by atoms with Crippen LogP contribution in [0.15, 0.2) is 18.2 Å². The van der Waals surface area contributed by atoms with E-state index in [0.29, 0.717) is 12.0 Å². The van der Waals surface area contributed by atoms with Crippen LogP contribution < -0.4 is 5.32 Å². The van der Waals surface area contributed by atoms with E-state index < -0.39 is 5.97 Å². The highest BCUT2D eigenvalue weighted by Crippen LogP contribution is 2.25. The number of hydrogen-bond acceptors (Lipinski definition) is 3. The number of aromatic hydroxyl groups is 1. The third kappa shape index (κ3) is 14.6. The minimum atomic E-state index is -0.944. The second-order valence-electron chi connectivity index (χ2n) is 8.67. The number of aliphatic carboxylic acids is 1. The summed E-state index contributed by atoms with van der Waals surface area (Å²) in [6.45, 7) is 2.26. The standard InChI is InChI=1S/C26H43NO4/c1-2-3-4-5-6-7-8-9-10-11-12-13-14-15-16-17-25(29)27-23-20-22(21-26(30)31)18-19-24(23)28/h18-20,28H,2-17,21H2,1H3,(H,27,29)(H,30,31). The van der Waals surface area contributed by atoms with Crippen LogP contribution in [0.2, 0.25) is 0 Å². The molecule has 0 radical (unpaired) electrons. The smallest absolute Gasteiger partial charge is 0.307 e. The molecular formula is C26H43NO4. The Hall–Kier alpha value is -2.04. The van der Waals surface area contributed by atoms with E-state index in [0.717, 1.165) is 19.3 Å². The molecule has 0 heterocycles. The Morgan fingerprint density at radius 1 is 0.774 bits per heavy atom. The molecule has 0 unspecified atom stereocenters. The summed E-state index contributed by atoms with van der Waals surface area (Å²) in [5.74, 6) is -1.13. The molecule has 31 heavy (non-hydrogen) atoms. The Bertz CT molecular complexity index is 630. The van der Waals surface area contributed by atoms with Gasteiger partial charge in [0.2, 0.25) is 5.91 Å².